The zero-order valence-corrected chi connectivity index (χ0v) is 12.7. The van der Waals surface area contributed by atoms with Gasteiger partial charge < -0.3 is 5.11 Å². The van der Waals surface area contributed by atoms with E-state index in [0.29, 0.717) is 12.8 Å². The van der Waals surface area contributed by atoms with Gasteiger partial charge in [0.2, 0.25) is 10.0 Å². The number of hydrogen-bond donors (Lipinski definition) is 1. The second-order valence-corrected chi connectivity index (χ2v) is 7.22. The quantitative estimate of drug-likeness (QED) is 0.897. The lowest BCUT2D eigenvalue weighted by Gasteiger charge is -2.26. The van der Waals surface area contributed by atoms with Crippen LogP contribution in [0.25, 0.3) is 0 Å². The average molecular weight is 336 g/mol. The molecule has 1 aromatic carbocycles. The molecule has 0 radical (unpaired) electrons. The summed E-state index contributed by atoms with van der Waals surface area (Å²) in [6, 6.07) is 2.64. The molecule has 1 saturated carbocycles. The summed E-state index contributed by atoms with van der Waals surface area (Å²) in [6.45, 7) is -0.653. The van der Waals surface area contributed by atoms with Gasteiger partial charge in [0.15, 0.2) is 0 Å². The van der Waals surface area contributed by atoms with Gasteiger partial charge in [-0.3, -0.25) is 4.79 Å². The van der Waals surface area contributed by atoms with Crippen LogP contribution in [-0.2, 0) is 14.8 Å². The molecule has 2 rings (SSSR count). The number of sulfonamides is 1. The summed E-state index contributed by atoms with van der Waals surface area (Å²) in [5, 5.41) is 8.84. The molecule has 1 aromatic rings. The maximum atomic E-state index is 13.3. The van der Waals surface area contributed by atoms with E-state index in [4.69, 9.17) is 16.7 Å². The van der Waals surface area contributed by atoms with Gasteiger partial charge in [-0.2, -0.15) is 4.31 Å². The van der Waals surface area contributed by atoms with E-state index in [0.717, 1.165) is 35.3 Å². The van der Waals surface area contributed by atoms with Gasteiger partial charge >= 0.3 is 5.97 Å². The molecule has 0 bridgehead atoms. The average Bonchev–Trinajstić information content (AvgIpc) is 2.92. The zero-order chi connectivity index (χ0) is 15.6. The highest BCUT2D eigenvalue weighted by atomic mass is 35.5. The van der Waals surface area contributed by atoms with Crippen molar-refractivity contribution in [1.82, 2.24) is 4.31 Å². The van der Waals surface area contributed by atoms with Gasteiger partial charge in [0.05, 0.1) is 5.02 Å². The Morgan fingerprint density at radius 2 is 2.00 bits per heavy atom. The fourth-order valence-corrected chi connectivity index (χ4v) is 4.66. The zero-order valence-electron chi connectivity index (χ0n) is 11.1. The second kappa shape index (κ2) is 6.29. The third-order valence-electron chi connectivity index (χ3n) is 3.50. The number of rotatable bonds is 5. The second-order valence-electron chi connectivity index (χ2n) is 4.96. The summed E-state index contributed by atoms with van der Waals surface area (Å²) in [5.74, 6) is -1.99. The maximum Gasteiger partial charge on any atom is 0.318 e. The Bertz CT molecular complexity index is 644. The fraction of sp³-hybridized carbons (Fsp3) is 0.462. The number of carboxylic acid groups (broad SMARTS) is 1. The maximum absolute atomic E-state index is 13.3. The van der Waals surface area contributed by atoms with Gasteiger partial charge in [-0.1, -0.05) is 24.4 Å². The Morgan fingerprint density at radius 1 is 1.38 bits per heavy atom. The number of aliphatic carboxylic acids is 1. The van der Waals surface area contributed by atoms with Gasteiger partial charge in [0.25, 0.3) is 0 Å². The van der Waals surface area contributed by atoms with Crippen LogP contribution in [-0.4, -0.2) is 36.4 Å². The molecule has 5 nitrogen and oxygen atoms in total. The molecule has 0 aliphatic heterocycles. The van der Waals surface area contributed by atoms with E-state index in [1.807, 2.05) is 0 Å². The normalized spacial score (nSPS) is 16.5. The van der Waals surface area contributed by atoms with Crippen molar-refractivity contribution in [1.29, 1.82) is 0 Å². The van der Waals surface area contributed by atoms with Crippen molar-refractivity contribution in [3.8, 4) is 0 Å². The van der Waals surface area contributed by atoms with E-state index in [2.05, 4.69) is 0 Å². The molecule has 1 N–H and O–H groups in total. The van der Waals surface area contributed by atoms with Crippen LogP contribution in [0.15, 0.2) is 23.1 Å². The lowest BCUT2D eigenvalue weighted by molar-refractivity contribution is -0.137. The molecule has 116 valence electrons. The minimum atomic E-state index is -4.15. The SMILES string of the molecule is O=C(O)CN(C1CCCC1)S(=O)(=O)c1cc(F)ccc1Cl. The Labute approximate surface area is 127 Å². The molecule has 1 aliphatic carbocycles. The minimum absolute atomic E-state index is 0.121. The number of nitrogens with zero attached hydrogens (tertiary/aromatic N) is 1. The van der Waals surface area contributed by atoms with Gasteiger partial charge in [0.1, 0.15) is 17.3 Å². The Hall–Kier alpha value is -1.18. The lowest BCUT2D eigenvalue weighted by Crippen LogP contribution is -2.42. The molecular formula is C13H15ClFNO4S. The largest absolute Gasteiger partial charge is 0.480 e. The van der Waals surface area contributed by atoms with Crippen LogP contribution < -0.4 is 0 Å². The van der Waals surface area contributed by atoms with Crippen LogP contribution >= 0.6 is 11.6 Å². The van der Waals surface area contributed by atoms with Crippen molar-refractivity contribution in [3.05, 3.63) is 29.0 Å². The fourth-order valence-electron chi connectivity index (χ4n) is 2.54. The Morgan fingerprint density at radius 3 is 2.57 bits per heavy atom. The Kier molecular flexibility index (Phi) is 4.85. The number of carboxylic acids is 1. The first-order valence-electron chi connectivity index (χ1n) is 6.51. The van der Waals surface area contributed by atoms with E-state index in [-0.39, 0.29) is 11.1 Å². The summed E-state index contributed by atoms with van der Waals surface area (Å²) in [4.78, 5) is 10.6. The summed E-state index contributed by atoms with van der Waals surface area (Å²) in [7, 11) is -4.15. The predicted octanol–water partition coefficient (Wildman–Crippen LogP) is 2.50. The molecule has 1 fully saturated rings. The summed E-state index contributed by atoms with van der Waals surface area (Å²) < 4.78 is 39.5. The molecule has 0 spiro atoms. The third kappa shape index (κ3) is 3.53. The summed E-state index contributed by atoms with van der Waals surface area (Å²) in [5.41, 5.74) is 0. The van der Waals surface area contributed by atoms with Crippen LogP contribution in [0.2, 0.25) is 5.02 Å². The monoisotopic (exact) mass is 335 g/mol. The molecular weight excluding hydrogens is 321 g/mol. The topological polar surface area (TPSA) is 74.7 Å². The molecule has 0 atom stereocenters. The van der Waals surface area contributed by atoms with Crippen molar-refractivity contribution < 1.29 is 22.7 Å². The van der Waals surface area contributed by atoms with Crippen LogP contribution in [0.1, 0.15) is 25.7 Å². The number of benzene rings is 1. The van der Waals surface area contributed by atoms with Crippen LogP contribution in [0, 0.1) is 5.82 Å². The highest BCUT2D eigenvalue weighted by molar-refractivity contribution is 7.89. The van der Waals surface area contributed by atoms with E-state index in [9.17, 15) is 17.6 Å². The molecule has 0 saturated heterocycles. The first kappa shape index (κ1) is 16.2. The van der Waals surface area contributed by atoms with E-state index < -0.39 is 33.3 Å². The van der Waals surface area contributed by atoms with Crippen molar-refractivity contribution in [2.24, 2.45) is 0 Å². The van der Waals surface area contributed by atoms with E-state index >= 15 is 0 Å². The minimum Gasteiger partial charge on any atom is -0.480 e. The standard InChI is InChI=1S/C13H15ClFNO4S/c14-11-6-5-9(15)7-12(11)21(19,20)16(8-13(17)18)10-3-1-2-4-10/h5-7,10H,1-4,8H2,(H,17,18). The summed E-state index contributed by atoms with van der Waals surface area (Å²) >= 11 is 5.85. The van der Waals surface area contributed by atoms with Crippen molar-refractivity contribution in [2.45, 2.75) is 36.6 Å². The highest BCUT2D eigenvalue weighted by Gasteiger charge is 2.36. The third-order valence-corrected chi connectivity index (χ3v) is 5.88. The van der Waals surface area contributed by atoms with Crippen molar-refractivity contribution in [3.63, 3.8) is 0 Å². The van der Waals surface area contributed by atoms with E-state index in [1.165, 1.54) is 0 Å². The van der Waals surface area contributed by atoms with Crippen LogP contribution in [0.5, 0.6) is 0 Å². The predicted molar refractivity (Wildman–Crippen MR) is 75.2 cm³/mol. The smallest absolute Gasteiger partial charge is 0.318 e. The van der Waals surface area contributed by atoms with Gasteiger partial charge in [-0.05, 0) is 31.0 Å². The number of hydrogen-bond acceptors (Lipinski definition) is 3. The molecule has 8 heteroatoms. The Balaban J connectivity index is 2.45. The lowest BCUT2D eigenvalue weighted by atomic mass is 10.2. The number of carbonyl (C=O) groups is 1. The first-order chi connectivity index (χ1) is 9.82. The molecule has 0 heterocycles. The van der Waals surface area contributed by atoms with Gasteiger partial charge in [-0.15, -0.1) is 0 Å². The van der Waals surface area contributed by atoms with Crippen LogP contribution in [0.4, 0.5) is 4.39 Å². The molecule has 1 aliphatic rings. The van der Waals surface area contributed by atoms with Crippen LogP contribution in [0.3, 0.4) is 0 Å². The molecule has 21 heavy (non-hydrogen) atoms. The van der Waals surface area contributed by atoms with Crippen molar-refractivity contribution >= 4 is 27.6 Å². The molecule has 0 amide bonds. The van der Waals surface area contributed by atoms with Gasteiger partial charge in [0, 0.05) is 6.04 Å². The summed E-state index contributed by atoms with van der Waals surface area (Å²) in [6.07, 6.45) is 2.87. The van der Waals surface area contributed by atoms with Gasteiger partial charge in [-0.25, -0.2) is 12.8 Å². The highest BCUT2D eigenvalue weighted by Crippen LogP contribution is 2.31. The number of halogens is 2. The van der Waals surface area contributed by atoms with E-state index in [1.54, 1.807) is 0 Å². The van der Waals surface area contributed by atoms with Crippen molar-refractivity contribution in [2.75, 3.05) is 6.54 Å². The first-order valence-corrected chi connectivity index (χ1v) is 8.33. The molecule has 0 unspecified atom stereocenters. The molecule has 0 aromatic heterocycles.